The molecule has 1 heterocycles. The zero-order valence-corrected chi connectivity index (χ0v) is 11.6. The molecule has 0 aliphatic carbocycles. The first-order chi connectivity index (χ1) is 8.69. The van der Waals surface area contributed by atoms with Gasteiger partial charge < -0.3 is 14.8 Å². The summed E-state index contributed by atoms with van der Waals surface area (Å²) in [6, 6.07) is 2.57. The van der Waals surface area contributed by atoms with Gasteiger partial charge in [0.1, 0.15) is 5.76 Å². The number of furan rings is 1. The highest BCUT2D eigenvalue weighted by molar-refractivity contribution is 5.84. The highest BCUT2D eigenvalue weighted by Crippen LogP contribution is 2.08. The van der Waals surface area contributed by atoms with Crippen molar-refractivity contribution in [3.8, 4) is 0 Å². The van der Waals surface area contributed by atoms with Gasteiger partial charge in [-0.3, -0.25) is 10.1 Å². The first-order valence-corrected chi connectivity index (χ1v) is 6.06. The summed E-state index contributed by atoms with van der Waals surface area (Å²) in [6.07, 6.45) is 0. The zero-order valence-electron chi connectivity index (χ0n) is 11.6. The molecule has 1 unspecified atom stereocenters. The number of carbonyl (C=O) groups excluding carboxylic acids is 1. The molecular formula is C13H20N2O4. The second kappa shape index (κ2) is 5.88. The van der Waals surface area contributed by atoms with Crippen molar-refractivity contribution in [1.29, 1.82) is 0 Å². The fraction of sp³-hybridized carbons (Fsp3) is 0.538. The third-order valence-corrected chi connectivity index (χ3v) is 2.35. The summed E-state index contributed by atoms with van der Waals surface area (Å²) in [7, 11) is 0. The maximum atomic E-state index is 11.8. The largest absolute Gasteiger partial charge is 0.475 e. The maximum absolute atomic E-state index is 11.8. The predicted octanol–water partition coefficient (Wildman–Crippen LogP) is 1.37. The van der Waals surface area contributed by atoms with E-state index < -0.39 is 12.0 Å². The fourth-order valence-electron chi connectivity index (χ4n) is 1.41. The quantitative estimate of drug-likeness (QED) is 0.750. The molecule has 1 atom stereocenters. The van der Waals surface area contributed by atoms with Crippen LogP contribution < -0.4 is 10.6 Å². The van der Waals surface area contributed by atoms with Crippen LogP contribution in [0.3, 0.4) is 0 Å². The molecule has 0 radical (unpaired) electrons. The summed E-state index contributed by atoms with van der Waals surface area (Å²) in [6.45, 7) is 7.75. The lowest BCUT2D eigenvalue weighted by atomic mass is 10.1. The smallest absolute Gasteiger partial charge is 0.371 e. The van der Waals surface area contributed by atoms with Crippen LogP contribution in [0.4, 0.5) is 0 Å². The van der Waals surface area contributed by atoms with E-state index in [2.05, 4.69) is 10.6 Å². The molecule has 1 rings (SSSR count). The summed E-state index contributed by atoms with van der Waals surface area (Å²) in [5.74, 6) is -0.848. The van der Waals surface area contributed by atoms with Crippen LogP contribution in [0.1, 0.15) is 44.0 Å². The van der Waals surface area contributed by atoms with E-state index >= 15 is 0 Å². The van der Waals surface area contributed by atoms with E-state index in [-0.39, 0.29) is 17.2 Å². The number of hydrogen-bond donors (Lipinski definition) is 3. The van der Waals surface area contributed by atoms with Gasteiger partial charge in [-0.15, -0.1) is 0 Å². The third-order valence-electron chi connectivity index (χ3n) is 2.35. The molecule has 0 fully saturated rings. The fourth-order valence-corrected chi connectivity index (χ4v) is 1.41. The van der Waals surface area contributed by atoms with Gasteiger partial charge in [-0.2, -0.15) is 0 Å². The summed E-state index contributed by atoms with van der Waals surface area (Å²) >= 11 is 0. The Morgan fingerprint density at radius 3 is 2.47 bits per heavy atom. The van der Waals surface area contributed by atoms with Crippen molar-refractivity contribution in [2.45, 2.75) is 45.8 Å². The van der Waals surface area contributed by atoms with Crippen molar-refractivity contribution in [1.82, 2.24) is 10.6 Å². The van der Waals surface area contributed by atoms with Crippen LogP contribution in [-0.2, 0) is 11.3 Å². The van der Waals surface area contributed by atoms with E-state index in [1.54, 1.807) is 13.0 Å². The van der Waals surface area contributed by atoms with Gasteiger partial charge in [0, 0.05) is 5.54 Å². The lowest BCUT2D eigenvalue weighted by Crippen LogP contribution is -2.49. The Balaban J connectivity index is 2.47. The number of nitrogens with one attached hydrogen (secondary N) is 2. The Morgan fingerprint density at radius 2 is 2.00 bits per heavy atom. The van der Waals surface area contributed by atoms with Gasteiger partial charge in [-0.05, 0) is 39.8 Å². The molecule has 1 amide bonds. The second-order valence-electron chi connectivity index (χ2n) is 5.41. The van der Waals surface area contributed by atoms with Gasteiger partial charge in [0.15, 0.2) is 0 Å². The van der Waals surface area contributed by atoms with Crippen molar-refractivity contribution in [3.63, 3.8) is 0 Å². The first-order valence-electron chi connectivity index (χ1n) is 6.06. The van der Waals surface area contributed by atoms with Gasteiger partial charge in [-0.25, -0.2) is 4.79 Å². The normalized spacial score (nSPS) is 13.1. The molecule has 0 aromatic carbocycles. The average Bonchev–Trinajstić information content (AvgIpc) is 2.72. The molecular weight excluding hydrogens is 248 g/mol. The molecule has 1 aromatic rings. The third kappa shape index (κ3) is 5.13. The van der Waals surface area contributed by atoms with E-state index in [9.17, 15) is 9.59 Å². The molecule has 6 heteroatoms. The van der Waals surface area contributed by atoms with Gasteiger partial charge in [0.2, 0.25) is 11.7 Å². The Labute approximate surface area is 112 Å². The molecule has 0 aliphatic rings. The minimum atomic E-state index is -1.11. The maximum Gasteiger partial charge on any atom is 0.371 e. The predicted molar refractivity (Wildman–Crippen MR) is 69.9 cm³/mol. The van der Waals surface area contributed by atoms with Crippen molar-refractivity contribution >= 4 is 11.9 Å². The number of rotatable bonds is 5. The van der Waals surface area contributed by atoms with Crippen molar-refractivity contribution in [2.24, 2.45) is 0 Å². The molecule has 19 heavy (non-hydrogen) atoms. The highest BCUT2D eigenvalue weighted by atomic mass is 16.4. The van der Waals surface area contributed by atoms with Gasteiger partial charge in [0.05, 0.1) is 12.6 Å². The molecule has 1 aromatic heterocycles. The van der Waals surface area contributed by atoms with Crippen molar-refractivity contribution in [2.75, 3.05) is 0 Å². The molecule has 6 nitrogen and oxygen atoms in total. The molecule has 0 saturated carbocycles. The SMILES string of the molecule is CC(NCc1ccc(C(=O)O)o1)C(=O)NC(C)(C)C. The summed E-state index contributed by atoms with van der Waals surface area (Å²) in [5.41, 5.74) is -0.284. The van der Waals surface area contributed by atoms with Crippen LogP contribution in [0.2, 0.25) is 0 Å². The Morgan fingerprint density at radius 1 is 1.37 bits per heavy atom. The Bertz CT molecular complexity index is 459. The number of carboxylic acids is 1. The lowest BCUT2D eigenvalue weighted by Gasteiger charge is -2.23. The van der Waals surface area contributed by atoms with Crippen LogP contribution in [0.25, 0.3) is 0 Å². The number of hydrogen-bond acceptors (Lipinski definition) is 4. The Kier molecular flexibility index (Phi) is 4.72. The topological polar surface area (TPSA) is 91.6 Å². The van der Waals surface area contributed by atoms with E-state index in [0.717, 1.165) is 0 Å². The summed E-state index contributed by atoms with van der Waals surface area (Å²) in [5, 5.41) is 14.5. The molecule has 0 aliphatic heterocycles. The second-order valence-corrected chi connectivity index (χ2v) is 5.41. The highest BCUT2D eigenvalue weighted by Gasteiger charge is 2.19. The van der Waals surface area contributed by atoms with Crippen LogP contribution in [-0.4, -0.2) is 28.6 Å². The van der Waals surface area contributed by atoms with Crippen LogP contribution in [0.5, 0.6) is 0 Å². The lowest BCUT2D eigenvalue weighted by molar-refractivity contribution is -0.124. The number of amides is 1. The van der Waals surface area contributed by atoms with E-state index in [1.807, 2.05) is 20.8 Å². The molecule has 3 N–H and O–H groups in total. The minimum Gasteiger partial charge on any atom is -0.475 e. The van der Waals surface area contributed by atoms with Gasteiger partial charge in [0.25, 0.3) is 0 Å². The molecule has 0 saturated heterocycles. The average molecular weight is 268 g/mol. The molecule has 0 spiro atoms. The number of carbonyl (C=O) groups is 2. The van der Waals surface area contributed by atoms with E-state index in [1.165, 1.54) is 6.07 Å². The number of aromatic carboxylic acids is 1. The monoisotopic (exact) mass is 268 g/mol. The van der Waals surface area contributed by atoms with Crippen molar-refractivity contribution < 1.29 is 19.1 Å². The molecule has 106 valence electrons. The molecule has 0 bridgehead atoms. The minimum absolute atomic E-state index is 0.108. The van der Waals surface area contributed by atoms with Crippen LogP contribution >= 0.6 is 0 Å². The van der Waals surface area contributed by atoms with Gasteiger partial charge >= 0.3 is 5.97 Å². The van der Waals surface area contributed by atoms with E-state index in [4.69, 9.17) is 9.52 Å². The van der Waals surface area contributed by atoms with Crippen LogP contribution in [0.15, 0.2) is 16.5 Å². The van der Waals surface area contributed by atoms with Crippen molar-refractivity contribution in [3.05, 3.63) is 23.7 Å². The summed E-state index contributed by atoms with van der Waals surface area (Å²) < 4.78 is 5.08. The number of carboxylic acid groups (broad SMARTS) is 1. The Hall–Kier alpha value is -1.82. The van der Waals surface area contributed by atoms with E-state index in [0.29, 0.717) is 12.3 Å². The zero-order chi connectivity index (χ0) is 14.6. The van der Waals surface area contributed by atoms with Gasteiger partial charge in [-0.1, -0.05) is 0 Å². The summed E-state index contributed by atoms with van der Waals surface area (Å²) in [4.78, 5) is 22.4. The first kappa shape index (κ1) is 15.2. The van der Waals surface area contributed by atoms with Crippen LogP contribution in [0, 0.1) is 0 Å². The standard InChI is InChI=1S/C13H20N2O4/c1-8(11(16)15-13(2,3)4)14-7-9-5-6-10(19-9)12(17)18/h5-6,8,14H,7H2,1-4H3,(H,15,16)(H,17,18).